The molecule has 0 aliphatic carbocycles. The van der Waals surface area contributed by atoms with Gasteiger partial charge in [0.2, 0.25) is 0 Å². The average molecular weight is 322 g/mol. The molecule has 1 fully saturated rings. The molecule has 0 bridgehead atoms. The molecule has 1 amide bonds. The lowest BCUT2D eigenvalue weighted by Gasteiger charge is -2.13. The molecule has 0 saturated carbocycles. The SMILES string of the molecule is COC(=O)c1ccc(C(=O)NC(=S)NCC2CCCO2)cc1. The van der Waals surface area contributed by atoms with E-state index in [1.165, 1.54) is 19.2 Å². The maximum Gasteiger partial charge on any atom is 0.337 e. The fraction of sp³-hybridized carbons (Fsp3) is 0.400. The van der Waals surface area contributed by atoms with Crippen molar-refractivity contribution in [2.75, 3.05) is 20.3 Å². The predicted octanol–water partition coefficient (Wildman–Crippen LogP) is 1.26. The number of hydrogen-bond donors (Lipinski definition) is 2. The van der Waals surface area contributed by atoms with Crippen molar-refractivity contribution < 1.29 is 19.1 Å². The van der Waals surface area contributed by atoms with Crippen LogP contribution in [0.5, 0.6) is 0 Å². The van der Waals surface area contributed by atoms with Crippen molar-refractivity contribution in [3.05, 3.63) is 35.4 Å². The van der Waals surface area contributed by atoms with Crippen molar-refractivity contribution in [1.82, 2.24) is 10.6 Å². The summed E-state index contributed by atoms with van der Waals surface area (Å²) in [6, 6.07) is 6.15. The Labute approximate surface area is 134 Å². The molecule has 6 nitrogen and oxygen atoms in total. The number of carbonyl (C=O) groups excluding carboxylic acids is 2. The zero-order valence-electron chi connectivity index (χ0n) is 12.3. The van der Waals surface area contributed by atoms with Crippen molar-refractivity contribution in [3.8, 4) is 0 Å². The van der Waals surface area contributed by atoms with E-state index in [0.717, 1.165) is 19.4 Å². The van der Waals surface area contributed by atoms with Crippen LogP contribution in [-0.4, -0.2) is 43.4 Å². The summed E-state index contributed by atoms with van der Waals surface area (Å²) in [4.78, 5) is 23.3. The predicted molar refractivity (Wildman–Crippen MR) is 84.8 cm³/mol. The van der Waals surface area contributed by atoms with Gasteiger partial charge in [0.15, 0.2) is 5.11 Å². The van der Waals surface area contributed by atoms with Gasteiger partial charge in [-0.05, 0) is 49.3 Å². The normalized spacial score (nSPS) is 16.9. The number of thiocarbonyl (C=S) groups is 1. The Morgan fingerprint density at radius 3 is 2.59 bits per heavy atom. The molecule has 1 unspecified atom stereocenters. The Hall–Kier alpha value is -1.99. The van der Waals surface area contributed by atoms with Crippen molar-refractivity contribution in [2.45, 2.75) is 18.9 Å². The van der Waals surface area contributed by atoms with Crippen LogP contribution in [0.1, 0.15) is 33.6 Å². The highest BCUT2D eigenvalue weighted by molar-refractivity contribution is 7.80. The van der Waals surface area contributed by atoms with Crippen LogP contribution in [-0.2, 0) is 9.47 Å². The van der Waals surface area contributed by atoms with Crippen LogP contribution in [0.25, 0.3) is 0 Å². The first-order chi connectivity index (χ1) is 10.6. The molecular weight excluding hydrogens is 304 g/mol. The van der Waals surface area contributed by atoms with E-state index >= 15 is 0 Å². The topological polar surface area (TPSA) is 76.7 Å². The molecule has 1 saturated heterocycles. The van der Waals surface area contributed by atoms with Gasteiger partial charge < -0.3 is 14.8 Å². The molecule has 118 valence electrons. The zero-order chi connectivity index (χ0) is 15.9. The number of benzene rings is 1. The molecule has 2 rings (SSSR count). The molecule has 1 aliphatic rings. The summed E-state index contributed by atoms with van der Waals surface area (Å²) in [7, 11) is 1.31. The average Bonchev–Trinajstić information content (AvgIpc) is 3.05. The number of carbonyl (C=O) groups is 2. The van der Waals surface area contributed by atoms with Gasteiger partial charge in [0.25, 0.3) is 5.91 Å². The second-order valence-electron chi connectivity index (χ2n) is 4.87. The Morgan fingerprint density at radius 1 is 1.32 bits per heavy atom. The highest BCUT2D eigenvalue weighted by Gasteiger charge is 2.16. The highest BCUT2D eigenvalue weighted by atomic mass is 32.1. The van der Waals surface area contributed by atoms with Gasteiger partial charge in [-0.1, -0.05) is 0 Å². The number of esters is 1. The van der Waals surface area contributed by atoms with E-state index < -0.39 is 5.97 Å². The second kappa shape index (κ2) is 7.86. The van der Waals surface area contributed by atoms with Crippen molar-refractivity contribution in [2.24, 2.45) is 0 Å². The largest absolute Gasteiger partial charge is 0.465 e. The molecule has 1 aromatic carbocycles. The Bertz CT molecular complexity index is 553. The molecule has 0 aromatic heterocycles. The van der Waals surface area contributed by atoms with Crippen LogP contribution in [0.3, 0.4) is 0 Å². The van der Waals surface area contributed by atoms with Gasteiger partial charge in [0.1, 0.15) is 0 Å². The lowest BCUT2D eigenvalue weighted by atomic mass is 10.1. The number of methoxy groups -OCH3 is 1. The van der Waals surface area contributed by atoms with Gasteiger partial charge >= 0.3 is 5.97 Å². The summed E-state index contributed by atoms with van der Waals surface area (Å²) in [5.41, 5.74) is 0.798. The standard InChI is InChI=1S/C15H18N2O4S/c1-20-14(19)11-6-4-10(5-7-11)13(18)17-15(22)16-9-12-3-2-8-21-12/h4-7,12H,2-3,8-9H2,1H3,(H2,16,17,18,22). The Kier molecular flexibility index (Phi) is 5.85. The van der Waals surface area contributed by atoms with Crippen LogP contribution >= 0.6 is 12.2 Å². The monoisotopic (exact) mass is 322 g/mol. The van der Waals surface area contributed by atoms with Crippen molar-refractivity contribution in [1.29, 1.82) is 0 Å². The summed E-state index contributed by atoms with van der Waals surface area (Å²) < 4.78 is 10.1. The minimum Gasteiger partial charge on any atom is -0.465 e. The first-order valence-corrected chi connectivity index (χ1v) is 7.40. The summed E-state index contributed by atoms with van der Waals surface area (Å²) in [5.74, 6) is -0.776. The van der Waals surface area contributed by atoms with Gasteiger partial charge in [0, 0.05) is 18.7 Å². The van der Waals surface area contributed by atoms with Crippen LogP contribution in [0.2, 0.25) is 0 Å². The number of hydrogen-bond acceptors (Lipinski definition) is 5. The molecule has 0 spiro atoms. The number of rotatable bonds is 4. The van der Waals surface area contributed by atoms with Crippen LogP contribution in [0.4, 0.5) is 0 Å². The maximum atomic E-state index is 12.0. The van der Waals surface area contributed by atoms with E-state index in [-0.39, 0.29) is 17.1 Å². The Morgan fingerprint density at radius 2 is 2.00 bits per heavy atom. The van der Waals surface area contributed by atoms with Gasteiger partial charge in [-0.25, -0.2) is 4.79 Å². The van der Waals surface area contributed by atoms with Crippen molar-refractivity contribution in [3.63, 3.8) is 0 Å². The van der Waals surface area contributed by atoms with Gasteiger partial charge in [-0.3, -0.25) is 10.1 Å². The lowest BCUT2D eigenvalue weighted by molar-refractivity contribution is 0.0600. The quantitative estimate of drug-likeness (QED) is 0.642. The van der Waals surface area contributed by atoms with E-state index in [9.17, 15) is 9.59 Å². The molecule has 1 aromatic rings. The Balaban J connectivity index is 1.82. The first kappa shape index (κ1) is 16.4. The van der Waals surface area contributed by atoms with Gasteiger partial charge in [-0.2, -0.15) is 0 Å². The molecular formula is C15H18N2O4S. The first-order valence-electron chi connectivity index (χ1n) is 6.99. The third-order valence-corrected chi connectivity index (χ3v) is 3.56. The summed E-state index contributed by atoms with van der Waals surface area (Å²) >= 11 is 5.08. The van der Waals surface area contributed by atoms with E-state index in [2.05, 4.69) is 15.4 Å². The number of amides is 1. The number of ether oxygens (including phenoxy) is 2. The molecule has 1 atom stereocenters. The maximum absolute atomic E-state index is 12.0. The van der Waals surface area contributed by atoms with E-state index in [1.807, 2.05) is 0 Å². The summed E-state index contributed by atoms with van der Waals surface area (Å²) in [6.45, 7) is 1.36. The summed E-state index contributed by atoms with van der Waals surface area (Å²) in [6.07, 6.45) is 2.20. The minimum atomic E-state index is -0.444. The fourth-order valence-corrected chi connectivity index (χ4v) is 2.28. The smallest absolute Gasteiger partial charge is 0.337 e. The van der Waals surface area contributed by atoms with Crippen LogP contribution < -0.4 is 10.6 Å². The molecule has 1 heterocycles. The third-order valence-electron chi connectivity index (χ3n) is 3.31. The van der Waals surface area contributed by atoms with Crippen LogP contribution in [0.15, 0.2) is 24.3 Å². The molecule has 1 aliphatic heterocycles. The molecule has 2 N–H and O–H groups in total. The number of nitrogens with one attached hydrogen (secondary N) is 2. The van der Waals surface area contributed by atoms with Crippen LogP contribution in [0, 0.1) is 0 Å². The second-order valence-corrected chi connectivity index (χ2v) is 5.28. The summed E-state index contributed by atoms with van der Waals surface area (Å²) in [5, 5.41) is 5.82. The van der Waals surface area contributed by atoms with E-state index in [4.69, 9.17) is 17.0 Å². The lowest BCUT2D eigenvalue weighted by Crippen LogP contribution is -2.42. The van der Waals surface area contributed by atoms with Crippen molar-refractivity contribution >= 4 is 29.2 Å². The highest BCUT2D eigenvalue weighted by Crippen LogP contribution is 2.10. The van der Waals surface area contributed by atoms with E-state index in [1.54, 1.807) is 12.1 Å². The molecule has 22 heavy (non-hydrogen) atoms. The van der Waals surface area contributed by atoms with Gasteiger partial charge in [0.05, 0.1) is 18.8 Å². The molecule has 0 radical (unpaired) electrons. The fourth-order valence-electron chi connectivity index (χ4n) is 2.11. The molecule has 7 heteroatoms. The third kappa shape index (κ3) is 4.51. The zero-order valence-corrected chi connectivity index (χ0v) is 13.1. The van der Waals surface area contributed by atoms with E-state index in [0.29, 0.717) is 17.7 Å². The minimum absolute atomic E-state index is 0.147. The van der Waals surface area contributed by atoms with Gasteiger partial charge in [-0.15, -0.1) is 0 Å².